The van der Waals surface area contributed by atoms with Gasteiger partial charge in [-0.1, -0.05) is 48.5 Å². The molecule has 2 rings (SSSR count). The number of carbonyl (C=O) groups excluding carboxylic acids is 5. The Labute approximate surface area is 233 Å². The number of esters is 2. The molecule has 40 heavy (non-hydrogen) atoms. The molecule has 11 nitrogen and oxygen atoms in total. The number of rotatable bonds is 11. The molecule has 2 aromatic carbocycles. The quantitative estimate of drug-likeness (QED) is 0.283. The third kappa shape index (κ3) is 10.4. The van der Waals surface area contributed by atoms with Crippen LogP contribution in [0.15, 0.2) is 60.7 Å². The molecule has 3 atom stereocenters. The van der Waals surface area contributed by atoms with Gasteiger partial charge in [0.25, 0.3) is 0 Å². The van der Waals surface area contributed by atoms with E-state index in [4.69, 9.17) is 14.2 Å². The van der Waals surface area contributed by atoms with Crippen molar-refractivity contribution in [3.05, 3.63) is 71.8 Å². The number of benzene rings is 2. The van der Waals surface area contributed by atoms with Gasteiger partial charge in [-0.3, -0.25) is 9.59 Å². The summed E-state index contributed by atoms with van der Waals surface area (Å²) in [6.45, 7) is 8.62. The highest BCUT2D eigenvalue weighted by molar-refractivity contribution is 5.96. The number of alkyl carbamates (subject to hydrolysis) is 1. The lowest BCUT2D eigenvalue weighted by Gasteiger charge is -2.31. The first-order valence-corrected chi connectivity index (χ1v) is 12.8. The maximum absolute atomic E-state index is 13.3. The van der Waals surface area contributed by atoms with Crippen molar-refractivity contribution >= 4 is 29.8 Å². The first-order chi connectivity index (χ1) is 18.7. The van der Waals surface area contributed by atoms with Crippen molar-refractivity contribution in [1.29, 1.82) is 0 Å². The second kappa shape index (κ2) is 14.1. The van der Waals surface area contributed by atoms with Gasteiger partial charge in [-0.25, -0.2) is 14.4 Å². The van der Waals surface area contributed by atoms with Crippen LogP contribution in [0.25, 0.3) is 0 Å². The summed E-state index contributed by atoms with van der Waals surface area (Å²) in [4.78, 5) is 63.5. The summed E-state index contributed by atoms with van der Waals surface area (Å²) in [5.41, 5.74) is -1.59. The Kier molecular flexibility index (Phi) is 11.2. The van der Waals surface area contributed by atoms with E-state index < -0.39 is 59.7 Å². The predicted molar refractivity (Wildman–Crippen MR) is 146 cm³/mol. The molecular weight excluding hydrogens is 518 g/mol. The largest absolute Gasteiger partial charge is 0.459 e. The van der Waals surface area contributed by atoms with Gasteiger partial charge in [0.1, 0.15) is 30.9 Å². The Morgan fingerprint density at radius 3 is 1.93 bits per heavy atom. The minimum absolute atomic E-state index is 0.0103. The van der Waals surface area contributed by atoms with Crippen molar-refractivity contribution in [3.8, 4) is 0 Å². The first-order valence-electron chi connectivity index (χ1n) is 12.8. The molecule has 0 saturated carbocycles. The van der Waals surface area contributed by atoms with E-state index in [1.807, 2.05) is 6.07 Å². The van der Waals surface area contributed by atoms with Crippen LogP contribution in [0, 0.1) is 0 Å². The summed E-state index contributed by atoms with van der Waals surface area (Å²) in [6.07, 6.45) is -0.827. The molecule has 0 fully saturated rings. The van der Waals surface area contributed by atoms with E-state index in [0.717, 1.165) is 5.56 Å². The van der Waals surface area contributed by atoms with Crippen molar-refractivity contribution < 1.29 is 38.2 Å². The fraction of sp³-hybridized carbons (Fsp3) is 0.414. The predicted octanol–water partition coefficient (Wildman–Crippen LogP) is 2.88. The monoisotopic (exact) mass is 555 g/mol. The van der Waals surface area contributed by atoms with E-state index in [2.05, 4.69) is 16.0 Å². The molecule has 0 spiro atoms. The molecule has 0 unspecified atom stereocenters. The first kappa shape index (κ1) is 31.8. The van der Waals surface area contributed by atoms with Crippen molar-refractivity contribution in [2.75, 3.05) is 6.61 Å². The average Bonchev–Trinajstić information content (AvgIpc) is 2.90. The molecule has 0 aliphatic carbocycles. The number of ether oxygens (including phenoxy) is 3. The van der Waals surface area contributed by atoms with E-state index in [9.17, 15) is 24.0 Å². The minimum Gasteiger partial charge on any atom is -0.459 e. The minimum atomic E-state index is -1.82. The van der Waals surface area contributed by atoms with E-state index in [1.165, 1.54) is 32.9 Å². The van der Waals surface area contributed by atoms with Crippen LogP contribution in [0.3, 0.4) is 0 Å². The Balaban J connectivity index is 2.12. The van der Waals surface area contributed by atoms with Crippen LogP contribution < -0.4 is 16.0 Å². The Hall–Kier alpha value is -4.41. The Bertz CT molecular complexity index is 1180. The highest BCUT2D eigenvalue weighted by atomic mass is 16.6. The summed E-state index contributed by atoms with van der Waals surface area (Å²) in [6, 6.07) is 14.9. The molecule has 3 N–H and O–H groups in total. The zero-order valence-corrected chi connectivity index (χ0v) is 23.6. The molecular formula is C29H37N3O8. The smallest absolute Gasteiger partial charge is 0.408 e. The van der Waals surface area contributed by atoms with Crippen LogP contribution in [-0.4, -0.2) is 59.7 Å². The molecule has 0 heterocycles. The molecule has 0 aromatic heterocycles. The van der Waals surface area contributed by atoms with Crippen LogP contribution in [-0.2, 0) is 35.2 Å². The van der Waals surface area contributed by atoms with Gasteiger partial charge >= 0.3 is 18.0 Å². The highest BCUT2D eigenvalue weighted by Gasteiger charge is 2.39. The summed E-state index contributed by atoms with van der Waals surface area (Å²) >= 11 is 0. The SMILES string of the molecule is C[C@H](NC(=O)OC(C)(C)C)C(=O)N[C@@](C)(COC(=O)c1ccccc1)C(=O)N[C@@H](C)C(=O)OCc1ccccc1. The summed E-state index contributed by atoms with van der Waals surface area (Å²) in [5.74, 6) is -2.98. The lowest BCUT2D eigenvalue weighted by atomic mass is 10.0. The molecule has 0 saturated heterocycles. The molecule has 0 aliphatic rings. The fourth-order valence-corrected chi connectivity index (χ4v) is 3.22. The molecule has 0 bridgehead atoms. The zero-order chi connectivity index (χ0) is 29.9. The second-order valence-corrected chi connectivity index (χ2v) is 10.4. The van der Waals surface area contributed by atoms with Crippen LogP contribution in [0.5, 0.6) is 0 Å². The molecule has 11 heteroatoms. The van der Waals surface area contributed by atoms with E-state index >= 15 is 0 Å². The fourth-order valence-electron chi connectivity index (χ4n) is 3.22. The normalized spacial score (nSPS) is 13.9. The lowest BCUT2D eigenvalue weighted by molar-refractivity contribution is -0.149. The summed E-state index contributed by atoms with van der Waals surface area (Å²) in [7, 11) is 0. The molecule has 0 aliphatic heterocycles. The van der Waals surface area contributed by atoms with Crippen molar-refractivity contribution in [3.63, 3.8) is 0 Å². The molecule has 2 aromatic rings. The maximum atomic E-state index is 13.3. The van der Waals surface area contributed by atoms with Gasteiger partial charge in [-0.2, -0.15) is 0 Å². The third-order valence-electron chi connectivity index (χ3n) is 5.45. The van der Waals surface area contributed by atoms with Gasteiger partial charge < -0.3 is 30.2 Å². The maximum Gasteiger partial charge on any atom is 0.408 e. The third-order valence-corrected chi connectivity index (χ3v) is 5.45. The molecule has 216 valence electrons. The number of amides is 3. The topological polar surface area (TPSA) is 149 Å². The summed E-state index contributed by atoms with van der Waals surface area (Å²) in [5, 5.41) is 7.42. The second-order valence-electron chi connectivity index (χ2n) is 10.4. The van der Waals surface area contributed by atoms with Crippen molar-refractivity contribution in [1.82, 2.24) is 16.0 Å². The van der Waals surface area contributed by atoms with Gasteiger partial charge in [0, 0.05) is 0 Å². The van der Waals surface area contributed by atoms with Crippen LogP contribution in [0.1, 0.15) is 57.5 Å². The van der Waals surface area contributed by atoms with Gasteiger partial charge in [-0.05, 0) is 59.2 Å². The zero-order valence-electron chi connectivity index (χ0n) is 23.6. The standard InChI is InChI=1S/C29H37N3O8/c1-19(31-27(37)40-28(3,4)5)23(33)32-29(6,18-39-25(35)22-15-11-8-12-16-22)26(36)30-20(2)24(34)38-17-21-13-9-7-10-14-21/h7-16,19-20H,17-18H2,1-6H3,(H,30,36)(H,31,37)(H,32,33)/t19-,20-,29-/m0/s1. The highest BCUT2D eigenvalue weighted by Crippen LogP contribution is 2.12. The Morgan fingerprint density at radius 1 is 0.775 bits per heavy atom. The summed E-state index contributed by atoms with van der Waals surface area (Å²) < 4.78 is 15.8. The number of hydrogen-bond acceptors (Lipinski definition) is 8. The van der Waals surface area contributed by atoms with Crippen LogP contribution in [0.4, 0.5) is 4.79 Å². The molecule has 0 radical (unpaired) electrons. The number of nitrogens with one attached hydrogen (secondary N) is 3. The van der Waals surface area contributed by atoms with Gasteiger partial charge in [0.2, 0.25) is 11.8 Å². The van der Waals surface area contributed by atoms with Gasteiger partial charge in [0.15, 0.2) is 5.54 Å². The van der Waals surface area contributed by atoms with Crippen LogP contribution >= 0.6 is 0 Å². The Morgan fingerprint density at radius 2 is 1.35 bits per heavy atom. The van der Waals surface area contributed by atoms with E-state index in [1.54, 1.807) is 63.2 Å². The number of carbonyl (C=O) groups is 5. The molecule has 3 amide bonds. The average molecular weight is 556 g/mol. The van der Waals surface area contributed by atoms with Crippen molar-refractivity contribution in [2.24, 2.45) is 0 Å². The lowest BCUT2D eigenvalue weighted by Crippen LogP contribution is -2.64. The van der Waals surface area contributed by atoms with Gasteiger partial charge in [0.05, 0.1) is 5.56 Å². The number of hydrogen-bond donors (Lipinski definition) is 3. The van der Waals surface area contributed by atoms with E-state index in [0.29, 0.717) is 0 Å². The van der Waals surface area contributed by atoms with Crippen molar-refractivity contribution in [2.45, 2.75) is 71.4 Å². The van der Waals surface area contributed by atoms with Gasteiger partial charge in [-0.15, -0.1) is 0 Å². The van der Waals surface area contributed by atoms with E-state index in [-0.39, 0.29) is 12.2 Å². The van der Waals surface area contributed by atoms with Crippen LogP contribution in [0.2, 0.25) is 0 Å².